The molecule has 0 unspecified atom stereocenters. The monoisotopic (exact) mass is 295 g/mol. The van der Waals surface area contributed by atoms with Crippen molar-refractivity contribution in [1.29, 1.82) is 21.0 Å². The van der Waals surface area contributed by atoms with Crippen LogP contribution in [0.25, 0.3) is 0 Å². The van der Waals surface area contributed by atoms with Crippen LogP contribution in [-0.2, 0) is 12.4 Å². The van der Waals surface area contributed by atoms with Crippen LogP contribution in [0.4, 0.5) is 0 Å². The van der Waals surface area contributed by atoms with Gasteiger partial charge in [0.1, 0.15) is 0 Å². The second kappa shape index (κ2) is 6.23. The Morgan fingerprint density at radius 1 is 0.700 bits per heavy atom. The maximum absolute atomic E-state index is 8.10. The average Bonchev–Trinajstić information content (AvgIpc) is 1.95. The zero-order valence-corrected chi connectivity index (χ0v) is 12.4. The Labute approximate surface area is 120 Å². The second-order valence-electron chi connectivity index (χ2n) is 0.757. The van der Waals surface area contributed by atoms with Gasteiger partial charge in [0.05, 0.1) is 0 Å². The summed E-state index contributed by atoms with van der Waals surface area (Å²) < 4.78 is 0. The van der Waals surface area contributed by atoms with Gasteiger partial charge in [0, 0.05) is 0 Å². The van der Waals surface area contributed by atoms with Gasteiger partial charge in [-0.2, -0.15) is 0 Å². The molecule has 0 amide bonds. The summed E-state index contributed by atoms with van der Waals surface area (Å²) in [5.74, 6) is 0. The average molecular weight is 296 g/mol. The van der Waals surface area contributed by atoms with Crippen molar-refractivity contribution >= 4 is 0 Å². The first-order valence-electron chi connectivity index (χ1n) is 1.53. The van der Waals surface area contributed by atoms with Crippen LogP contribution in [0.5, 0.6) is 0 Å². The van der Waals surface area contributed by atoms with Crippen LogP contribution in [-0.4, -0.2) is 0 Å². The molecule has 0 heterocycles. The van der Waals surface area contributed by atoms with Crippen molar-refractivity contribution < 1.29 is 81.3 Å². The molecular weight excluding hydrogens is 296 g/mol. The number of nitriles is 4. The molecule has 4 nitrogen and oxygen atoms in total. The molecule has 0 rings (SSSR count). The third kappa shape index (κ3) is 3.06. The zero-order chi connectivity index (χ0) is 7.33. The molecule has 10 heavy (non-hydrogen) atoms. The van der Waals surface area contributed by atoms with Gasteiger partial charge in [-0.15, -0.1) is 0 Å². The summed E-state index contributed by atoms with van der Waals surface area (Å²) in [6.07, 6.45) is 0. The summed E-state index contributed by atoms with van der Waals surface area (Å²) in [7, 11) is 0. The van der Waals surface area contributed by atoms with E-state index in [0.29, 0.717) is 0 Å². The summed E-state index contributed by atoms with van der Waals surface area (Å²) >= 11 is -3.03. The van der Waals surface area contributed by atoms with Crippen molar-refractivity contribution in [3.05, 3.63) is 0 Å². The Morgan fingerprint density at radius 3 is 0.900 bits per heavy atom. The van der Waals surface area contributed by atoms with Crippen LogP contribution in [0, 0.1) is 41.2 Å². The smallest absolute Gasteiger partial charge is 1.00 e. The Kier molecular flexibility index (Phi) is 8.18. The molecule has 6 heteroatoms. The molecule has 0 aliphatic rings. The molecule has 0 radical (unpaired) electrons. The molecule has 0 bridgehead atoms. The Morgan fingerprint density at radius 2 is 0.900 bits per heavy atom. The van der Waals surface area contributed by atoms with Crippen LogP contribution in [0.2, 0.25) is 0 Å². The molecule has 0 fully saturated rings. The number of hydrogen-bond acceptors (Lipinski definition) is 4. The van der Waals surface area contributed by atoms with Crippen LogP contribution < -0.4 is 68.9 Å². The van der Waals surface area contributed by atoms with Crippen LogP contribution in [0.1, 0.15) is 0 Å². The molecule has 0 spiro atoms. The minimum atomic E-state index is -3.03. The SMILES string of the molecule is N#[C][Ni-]([C]#N)([C]#N)[C]#N.[Cs+]. The molecular formula is C4CsN4Ni. The van der Waals surface area contributed by atoms with E-state index in [1.165, 1.54) is 20.2 Å². The number of nitrogens with zero attached hydrogens (tertiary/aromatic N) is 4. The summed E-state index contributed by atoms with van der Waals surface area (Å²) in [6, 6.07) is 0. The van der Waals surface area contributed by atoms with E-state index in [1.807, 2.05) is 0 Å². The van der Waals surface area contributed by atoms with Gasteiger partial charge in [0.2, 0.25) is 0 Å². The van der Waals surface area contributed by atoms with E-state index in [0.717, 1.165) is 0 Å². The molecule has 0 aliphatic heterocycles. The van der Waals surface area contributed by atoms with E-state index in [4.69, 9.17) is 21.0 Å². The predicted molar refractivity (Wildman–Crippen MR) is 22.5 cm³/mol. The third-order valence-electron chi connectivity index (χ3n) is 0.424. The van der Waals surface area contributed by atoms with Gasteiger partial charge >= 0.3 is 122 Å². The Bertz CT molecular complexity index is 210. The van der Waals surface area contributed by atoms with E-state index >= 15 is 0 Å². The largest absolute Gasteiger partial charge is 1.00 e. The standard InChI is InChI=1S/4CN.Cs.Ni/c4*1-2;;/q;;;;+1;-1. The summed E-state index contributed by atoms with van der Waals surface area (Å²) in [5.41, 5.74) is 0. The van der Waals surface area contributed by atoms with Gasteiger partial charge in [-0.25, -0.2) is 0 Å². The topological polar surface area (TPSA) is 95.2 Å². The quantitative estimate of drug-likeness (QED) is 0.447. The van der Waals surface area contributed by atoms with Crippen LogP contribution in [0.15, 0.2) is 0 Å². The summed E-state index contributed by atoms with van der Waals surface area (Å²) in [4.78, 5) is 0. The van der Waals surface area contributed by atoms with E-state index in [2.05, 4.69) is 0 Å². The molecule has 0 aromatic rings. The summed E-state index contributed by atoms with van der Waals surface area (Å²) in [6.45, 7) is 0. The molecule has 0 atom stereocenters. The Balaban J connectivity index is 0. The fraction of sp³-hybridized carbons (Fsp3) is 0. The summed E-state index contributed by atoms with van der Waals surface area (Å²) in [5, 5.41) is 37.9. The van der Waals surface area contributed by atoms with Gasteiger partial charge in [0.25, 0.3) is 0 Å². The van der Waals surface area contributed by atoms with Crippen molar-refractivity contribution in [2.24, 2.45) is 0 Å². The van der Waals surface area contributed by atoms with E-state index < -0.39 is 12.4 Å². The molecule has 47 valence electrons. The first-order chi connectivity index (χ1) is 4.24. The molecule has 0 aliphatic carbocycles. The van der Waals surface area contributed by atoms with E-state index in [9.17, 15) is 0 Å². The van der Waals surface area contributed by atoms with Crippen LogP contribution >= 0.6 is 0 Å². The molecule has 0 N–H and O–H groups in total. The van der Waals surface area contributed by atoms with Crippen molar-refractivity contribution in [1.82, 2.24) is 0 Å². The molecule has 0 aromatic heterocycles. The van der Waals surface area contributed by atoms with Gasteiger partial charge in [-0.05, 0) is 0 Å². The van der Waals surface area contributed by atoms with Gasteiger partial charge in [-0.3, -0.25) is 0 Å². The van der Waals surface area contributed by atoms with Crippen LogP contribution in [0.3, 0.4) is 0 Å². The first-order valence-corrected chi connectivity index (χ1v) is 3.50. The van der Waals surface area contributed by atoms with E-state index in [1.54, 1.807) is 0 Å². The normalized spacial score (nSPS) is 8.40. The first kappa shape index (κ1) is 13.1. The second-order valence-corrected chi connectivity index (χ2v) is 3.12. The van der Waals surface area contributed by atoms with Crippen molar-refractivity contribution in [2.75, 3.05) is 0 Å². The minimum Gasteiger partial charge on any atom is 1.00 e. The van der Waals surface area contributed by atoms with Crippen molar-refractivity contribution in [3.8, 4) is 20.2 Å². The maximum Gasteiger partial charge on any atom is 1.00 e. The molecule has 0 saturated heterocycles. The zero-order valence-electron chi connectivity index (χ0n) is 5.11. The number of rotatable bonds is 0. The maximum atomic E-state index is 8.10. The van der Waals surface area contributed by atoms with Crippen molar-refractivity contribution in [2.45, 2.75) is 0 Å². The van der Waals surface area contributed by atoms with E-state index in [-0.39, 0.29) is 68.9 Å². The molecule has 0 aromatic carbocycles. The fourth-order valence-corrected chi connectivity index (χ4v) is 0.391. The predicted octanol–water partition coefficient (Wildman–Crippen LogP) is -2.93. The third-order valence-corrected chi connectivity index (χ3v) is 1.75. The van der Waals surface area contributed by atoms with Gasteiger partial charge < -0.3 is 0 Å². The van der Waals surface area contributed by atoms with Gasteiger partial charge in [0.15, 0.2) is 0 Å². The molecule has 0 saturated carbocycles. The van der Waals surface area contributed by atoms with Gasteiger partial charge in [-0.1, -0.05) is 0 Å². The minimum absolute atomic E-state index is 0. The Hall–Kier alpha value is 0.505. The number of hydrogen-bond donors (Lipinski definition) is 0. The fourth-order valence-electron chi connectivity index (χ4n) is 0.0949. The van der Waals surface area contributed by atoms with Crippen molar-refractivity contribution in [3.63, 3.8) is 0 Å².